The van der Waals surface area contributed by atoms with Crippen LogP contribution in [-0.2, 0) is 9.53 Å². The predicted octanol–water partition coefficient (Wildman–Crippen LogP) is 2.76. The van der Waals surface area contributed by atoms with E-state index in [1.54, 1.807) is 18.2 Å². The zero-order valence-corrected chi connectivity index (χ0v) is 15.8. The fourth-order valence-corrected chi connectivity index (χ4v) is 5.83. The summed E-state index contributed by atoms with van der Waals surface area (Å²) in [6.45, 7) is -0.302. The molecule has 146 valence electrons. The standard InChI is InChI=1S/C21H26O6/c1-25-17-4-3-15(6-18(17)26-2)16(22)11-27-19(23)20-7-13-5-14(8-20)10-21(24,9-13)12-20/h3-4,6,13-14,24H,5,7-12H2,1-2H3. The molecule has 0 heterocycles. The van der Waals surface area contributed by atoms with Crippen LogP contribution in [0.15, 0.2) is 18.2 Å². The van der Waals surface area contributed by atoms with Crippen LogP contribution < -0.4 is 9.47 Å². The van der Waals surface area contributed by atoms with Crippen molar-refractivity contribution in [1.29, 1.82) is 0 Å². The number of rotatable bonds is 6. The van der Waals surface area contributed by atoms with Crippen LogP contribution in [0.5, 0.6) is 11.5 Å². The molecule has 0 amide bonds. The predicted molar refractivity (Wildman–Crippen MR) is 96.9 cm³/mol. The van der Waals surface area contributed by atoms with Crippen LogP contribution in [0.2, 0.25) is 0 Å². The van der Waals surface area contributed by atoms with Crippen LogP contribution in [0.3, 0.4) is 0 Å². The van der Waals surface area contributed by atoms with Gasteiger partial charge in [-0.3, -0.25) is 9.59 Å². The summed E-state index contributed by atoms with van der Waals surface area (Å²) in [4.78, 5) is 25.4. The number of carbonyl (C=O) groups is 2. The van der Waals surface area contributed by atoms with Crippen molar-refractivity contribution < 1.29 is 28.9 Å². The fraction of sp³-hybridized carbons (Fsp3) is 0.619. The Hall–Kier alpha value is -2.08. The highest BCUT2D eigenvalue weighted by molar-refractivity contribution is 5.98. The maximum absolute atomic E-state index is 12.9. The summed E-state index contributed by atoms with van der Waals surface area (Å²) in [7, 11) is 3.03. The zero-order valence-electron chi connectivity index (χ0n) is 15.8. The summed E-state index contributed by atoms with van der Waals surface area (Å²) >= 11 is 0. The smallest absolute Gasteiger partial charge is 0.312 e. The van der Waals surface area contributed by atoms with Crippen molar-refractivity contribution in [3.05, 3.63) is 23.8 Å². The summed E-state index contributed by atoms with van der Waals surface area (Å²) in [6, 6.07) is 4.87. The number of ether oxygens (including phenoxy) is 3. The number of carbonyl (C=O) groups excluding carboxylic acids is 2. The number of hydrogen-bond donors (Lipinski definition) is 1. The number of hydrogen-bond acceptors (Lipinski definition) is 6. The summed E-state index contributed by atoms with van der Waals surface area (Å²) < 4.78 is 15.8. The molecule has 4 aliphatic rings. The summed E-state index contributed by atoms with van der Waals surface area (Å²) in [6.07, 6.45) is 4.70. The van der Waals surface area contributed by atoms with E-state index >= 15 is 0 Å². The molecule has 4 saturated carbocycles. The molecule has 2 atom stereocenters. The van der Waals surface area contributed by atoms with Crippen LogP contribution in [0.1, 0.15) is 48.9 Å². The highest BCUT2D eigenvalue weighted by atomic mass is 16.5. The summed E-state index contributed by atoms with van der Waals surface area (Å²) in [5, 5.41) is 10.8. The molecule has 1 aromatic carbocycles. The molecule has 6 heteroatoms. The van der Waals surface area contributed by atoms with Crippen LogP contribution in [0.4, 0.5) is 0 Å². The Kier molecular flexibility index (Phi) is 4.41. The first kappa shape index (κ1) is 18.3. The number of ketones is 1. The quantitative estimate of drug-likeness (QED) is 0.609. The van der Waals surface area contributed by atoms with Crippen molar-refractivity contribution in [2.24, 2.45) is 17.3 Å². The Morgan fingerprint density at radius 3 is 2.33 bits per heavy atom. The van der Waals surface area contributed by atoms with Gasteiger partial charge in [0.15, 0.2) is 23.9 Å². The lowest BCUT2D eigenvalue weighted by Crippen LogP contribution is -2.58. The van der Waals surface area contributed by atoms with Crippen LogP contribution in [0.25, 0.3) is 0 Å². The van der Waals surface area contributed by atoms with Crippen molar-refractivity contribution in [2.45, 2.75) is 44.1 Å². The maximum atomic E-state index is 12.9. The van der Waals surface area contributed by atoms with Crippen molar-refractivity contribution in [3.63, 3.8) is 0 Å². The molecule has 2 unspecified atom stereocenters. The third-order valence-electron chi connectivity index (χ3n) is 6.50. The van der Waals surface area contributed by atoms with E-state index in [1.165, 1.54) is 14.2 Å². The Morgan fingerprint density at radius 2 is 1.74 bits per heavy atom. The lowest BCUT2D eigenvalue weighted by atomic mass is 9.48. The average Bonchev–Trinajstić information content (AvgIpc) is 2.63. The molecule has 4 bridgehead atoms. The van der Waals surface area contributed by atoms with Crippen molar-refractivity contribution in [2.75, 3.05) is 20.8 Å². The Labute approximate surface area is 158 Å². The number of benzene rings is 1. The molecule has 4 fully saturated rings. The van der Waals surface area contributed by atoms with E-state index in [0.29, 0.717) is 35.3 Å². The van der Waals surface area contributed by atoms with Crippen molar-refractivity contribution >= 4 is 11.8 Å². The van der Waals surface area contributed by atoms with E-state index in [4.69, 9.17) is 14.2 Å². The van der Waals surface area contributed by atoms with E-state index < -0.39 is 11.0 Å². The Morgan fingerprint density at radius 1 is 1.07 bits per heavy atom. The molecule has 5 rings (SSSR count). The Balaban J connectivity index is 1.43. The minimum atomic E-state index is -0.726. The summed E-state index contributed by atoms with van der Waals surface area (Å²) in [5.41, 5.74) is -0.933. The maximum Gasteiger partial charge on any atom is 0.312 e. The molecular weight excluding hydrogens is 348 g/mol. The lowest BCUT2D eigenvalue weighted by Gasteiger charge is -2.58. The SMILES string of the molecule is COc1ccc(C(=O)COC(=O)C23CC4CC(CC(O)(C4)C2)C3)cc1OC. The van der Waals surface area contributed by atoms with Crippen LogP contribution in [0, 0.1) is 17.3 Å². The van der Waals surface area contributed by atoms with Gasteiger partial charge in [-0.2, -0.15) is 0 Å². The molecule has 27 heavy (non-hydrogen) atoms. The molecule has 6 nitrogen and oxygen atoms in total. The molecule has 0 aliphatic heterocycles. The third kappa shape index (κ3) is 3.20. The largest absolute Gasteiger partial charge is 0.493 e. The van der Waals surface area contributed by atoms with Gasteiger partial charge in [0.2, 0.25) is 0 Å². The molecule has 1 aromatic rings. The second kappa shape index (κ2) is 6.51. The van der Waals surface area contributed by atoms with Crippen LogP contribution in [-0.4, -0.2) is 43.3 Å². The van der Waals surface area contributed by atoms with Gasteiger partial charge < -0.3 is 19.3 Å². The Bertz CT molecular complexity index is 756. The van der Waals surface area contributed by atoms with Crippen LogP contribution >= 0.6 is 0 Å². The molecule has 0 aromatic heterocycles. The highest BCUT2D eigenvalue weighted by Gasteiger charge is 2.60. The third-order valence-corrected chi connectivity index (χ3v) is 6.50. The van der Waals surface area contributed by atoms with E-state index in [9.17, 15) is 14.7 Å². The molecule has 0 saturated heterocycles. The molecule has 1 N–H and O–H groups in total. The monoisotopic (exact) mass is 374 g/mol. The van der Waals surface area contributed by atoms with E-state index in [2.05, 4.69) is 0 Å². The minimum absolute atomic E-state index is 0.284. The number of esters is 1. The highest BCUT2D eigenvalue weighted by Crippen LogP contribution is 2.61. The van der Waals surface area contributed by atoms with Gasteiger partial charge >= 0.3 is 5.97 Å². The van der Waals surface area contributed by atoms with Gasteiger partial charge in [0.1, 0.15) is 0 Å². The first-order valence-electron chi connectivity index (χ1n) is 9.51. The lowest BCUT2D eigenvalue weighted by molar-refractivity contribution is -0.195. The van der Waals surface area contributed by atoms with Gasteiger partial charge in [0, 0.05) is 5.56 Å². The normalized spacial score (nSPS) is 33.6. The minimum Gasteiger partial charge on any atom is -0.493 e. The van der Waals surface area contributed by atoms with Gasteiger partial charge in [0.25, 0.3) is 0 Å². The van der Waals surface area contributed by atoms with Gasteiger partial charge in [-0.1, -0.05) is 0 Å². The second-order valence-electron chi connectivity index (χ2n) is 8.53. The first-order chi connectivity index (χ1) is 12.9. The van der Waals surface area contributed by atoms with Gasteiger partial charge in [0.05, 0.1) is 25.2 Å². The summed E-state index contributed by atoms with van der Waals surface area (Å²) in [5.74, 6) is 1.16. The van der Waals surface area contributed by atoms with E-state index in [-0.39, 0.29) is 18.4 Å². The average molecular weight is 374 g/mol. The molecule has 0 radical (unpaired) electrons. The van der Waals surface area contributed by atoms with E-state index in [0.717, 1.165) is 32.1 Å². The van der Waals surface area contributed by atoms with E-state index in [1.807, 2.05) is 0 Å². The second-order valence-corrected chi connectivity index (χ2v) is 8.53. The van der Waals surface area contributed by atoms with Crippen molar-refractivity contribution in [1.82, 2.24) is 0 Å². The number of aliphatic hydroxyl groups is 1. The molecule has 0 spiro atoms. The molecular formula is C21H26O6. The fourth-order valence-electron chi connectivity index (χ4n) is 5.83. The number of methoxy groups -OCH3 is 2. The van der Waals surface area contributed by atoms with Gasteiger partial charge in [-0.05, 0) is 68.6 Å². The van der Waals surface area contributed by atoms with Crippen molar-refractivity contribution in [3.8, 4) is 11.5 Å². The van der Waals surface area contributed by atoms with Gasteiger partial charge in [-0.15, -0.1) is 0 Å². The topological polar surface area (TPSA) is 82.1 Å². The molecule has 4 aliphatic carbocycles. The van der Waals surface area contributed by atoms with Gasteiger partial charge in [-0.25, -0.2) is 0 Å². The number of Topliss-reactive ketones (excluding diaryl/α,β-unsaturated/α-hetero) is 1. The first-order valence-corrected chi connectivity index (χ1v) is 9.51. The zero-order chi connectivity index (χ0) is 19.2.